The zero-order valence-corrected chi connectivity index (χ0v) is 10.1. The van der Waals surface area contributed by atoms with Crippen LogP contribution in [0.25, 0.3) is 0 Å². The Kier molecular flexibility index (Phi) is 4.36. The van der Waals surface area contributed by atoms with Crippen LogP contribution in [0, 0.1) is 5.92 Å². The van der Waals surface area contributed by atoms with Crippen molar-refractivity contribution in [2.24, 2.45) is 5.92 Å². The van der Waals surface area contributed by atoms with Gasteiger partial charge in [-0.25, -0.2) is 0 Å². The molecular weight excluding hydrogens is 218 g/mol. The maximum absolute atomic E-state index is 11.7. The van der Waals surface area contributed by atoms with Gasteiger partial charge in [-0.15, -0.1) is 0 Å². The average Bonchev–Trinajstić information content (AvgIpc) is 3.14. The van der Waals surface area contributed by atoms with E-state index in [1.807, 2.05) is 0 Å². The summed E-state index contributed by atoms with van der Waals surface area (Å²) in [6, 6.07) is 0.403. The molecule has 5 heteroatoms. The van der Waals surface area contributed by atoms with Gasteiger partial charge in [0.15, 0.2) is 0 Å². The van der Waals surface area contributed by atoms with Gasteiger partial charge < -0.3 is 16.0 Å². The Labute approximate surface area is 102 Å². The van der Waals surface area contributed by atoms with Gasteiger partial charge in [-0.3, -0.25) is 9.59 Å². The molecule has 2 fully saturated rings. The van der Waals surface area contributed by atoms with Crippen molar-refractivity contribution in [2.75, 3.05) is 19.6 Å². The number of nitrogens with one attached hydrogen (secondary N) is 3. The number of amides is 2. The summed E-state index contributed by atoms with van der Waals surface area (Å²) >= 11 is 0. The molecule has 96 valence electrons. The molecule has 2 rings (SSSR count). The summed E-state index contributed by atoms with van der Waals surface area (Å²) in [5.41, 5.74) is 0. The molecule has 1 atom stereocenters. The summed E-state index contributed by atoms with van der Waals surface area (Å²) in [6.07, 6.45) is 4.60. The lowest BCUT2D eigenvalue weighted by Crippen LogP contribution is -2.41. The van der Waals surface area contributed by atoms with Crippen LogP contribution in [-0.2, 0) is 9.59 Å². The third-order valence-corrected chi connectivity index (χ3v) is 3.26. The lowest BCUT2D eigenvalue weighted by molar-refractivity contribution is -0.125. The van der Waals surface area contributed by atoms with Crippen molar-refractivity contribution < 1.29 is 9.59 Å². The summed E-state index contributed by atoms with van der Waals surface area (Å²) in [5.74, 6) is 0.209. The van der Waals surface area contributed by atoms with Gasteiger partial charge in [0.2, 0.25) is 11.8 Å². The van der Waals surface area contributed by atoms with Gasteiger partial charge in [0.1, 0.15) is 0 Å². The van der Waals surface area contributed by atoms with Crippen LogP contribution >= 0.6 is 0 Å². The lowest BCUT2D eigenvalue weighted by atomic mass is 9.99. The highest BCUT2D eigenvalue weighted by Gasteiger charge is 2.23. The van der Waals surface area contributed by atoms with E-state index in [9.17, 15) is 9.59 Å². The van der Waals surface area contributed by atoms with Crippen LogP contribution in [0.5, 0.6) is 0 Å². The Morgan fingerprint density at radius 1 is 1.24 bits per heavy atom. The minimum atomic E-state index is 0.0505. The minimum Gasteiger partial charge on any atom is -0.355 e. The number of carbonyl (C=O) groups is 2. The molecule has 0 aromatic heterocycles. The molecule has 1 saturated heterocycles. The number of rotatable bonds is 5. The minimum absolute atomic E-state index is 0.0505. The number of carbonyl (C=O) groups excluding carboxylic acids is 2. The normalized spacial score (nSPS) is 24.1. The predicted octanol–water partition coefficient (Wildman–Crippen LogP) is -0.229. The monoisotopic (exact) mass is 239 g/mol. The summed E-state index contributed by atoms with van der Waals surface area (Å²) in [6.45, 7) is 2.22. The van der Waals surface area contributed by atoms with Crippen molar-refractivity contribution in [1.82, 2.24) is 16.0 Å². The summed E-state index contributed by atoms with van der Waals surface area (Å²) in [5, 5.41) is 8.95. The molecule has 17 heavy (non-hydrogen) atoms. The van der Waals surface area contributed by atoms with Gasteiger partial charge in [0.25, 0.3) is 0 Å². The van der Waals surface area contributed by atoms with Gasteiger partial charge in [0, 0.05) is 25.6 Å². The average molecular weight is 239 g/mol. The molecule has 5 nitrogen and oxygen atoms in total. The molecular formula is C12H21N3O2. The zero-order chi connectivity index (χ0) is 12.1. The van der Waals surface area contributed by atoms with Gasteiger partial charge in [-0.2, -0.15) is 0 Å². The molecule has 0 radical (unpaired) electrons. The Morgan fingerprint density at radius 2 is 2.06 bits per heavy atom. The highest BCUT2D eigenvalue weighted by atomic mass is 16.2. The molecule has 1 aliphatic carbocycles. The molecule has 0 spiro atoms. The number of hydrogen-bond donors (Lipinski definition) is 3. The Morgan fingerprint density at radius 3 is 2.71 bits per heavy atom. The third-order valence-electron chi connectivity index (χ3n) is 3.26. The first-order chi connectivity index (χ1) is 8.25. The van der Waals surface area contributed by atoms with E-state index in [4.69, 9.17) is 0 Å². The second-order valence-corrected chi connectivity index (χ2v) is 4.93. The molecule has 0 aromatic carbocycles. The quantitative estimate of drug-likeness (QED) is 0.621. The summed E-state index contributed by atoms with van der Waals surface area (Å²) < 4.78 is 0. The number of piperidine rings is 1. The Bertz CT molecular complexity index is 283. The van der Waals surface area contributed by atoms with E-state index in [1.54, 1.807) is 0 Å². The first-order valence-corrected chi connectivity index (χ1v) is 6.53. The van der Waals surface area contributed by atoms with Crippen molar-refractivity contribution in [3.63, 3.8) is 0 Å². The van der Waals surface area contributed by atoms with Gasteiger partial charge >= 0.3 is 0 Å². The molecule has 2 aliphatic rings. The van der Waals surface area contributed by atoms with Crippen LogP contribution in [0.1, 0.15) is 32.1 Å². The molecule has 1 aliphatic heterocycles. The Balaban J connectivity index is 1.56. The van der Waals surface area contributed by atoms with E-state index in [-0.39, 0.29) is 17.7 Å². The molecule has 2 amide bonds. The number of hydrogen-bond acceptors (Lipinski definition) is 3. The van der Waals surface area contributed by atoms with E-state index >= 15 is 0 Å². The lowest BCUT2D eigenvalue weighted by Gasteiger charge is -2.21. The SMILES string of the molecule is O=C(CCNC(=O)[C@@H]1CCCNC1)NC1CC1. The maximum Gasteiger partial charge on any atom is 0.224 e. The van der Waals surface area contributed by atoms with Crippen molar-refractivity contribution in [3.05, 3.63) is 0 Å². The first kappa shape index (κ1) is 12.4. The van der Waals surface area contributed by atoms with Crippen LogP contribution in [0.4, 0.5) is 0 Å². The summed E-state index contributed by atoms with van der Waals surface area (Å²) in [4.78, 5) is 23.1. The molecule has 0 unspecified atom stereocenters. The van der Waals surface area contributed by atoms with Gasteiger partial charge in [0.05, 0.1) is 5.92 Å². The molecule has 0 aromatic rings. The Hall–Kier alpha value is -1.10. The van der Waals surface area contributed by atoms with Crippen LogP contribution < -0.4 is 16.0 Å². The molecule has 3 N–H and O–H groups in total. The largest absolute Gasteiger partial charge is 0.355 e. The predicted molar refractivity (Wildman–Crippen MR) is 64.4 cm³/mol. The van der Waals surface area contributed by atoms with Crippen LogP contribution in [0.15, 0.2) is 0 Å². The molecule has 1 heterocycles. The fraction of sp³-hybridized carbons (Fsp3) is 0.833. The van der Waals surface area contributed by atoms with Crippen LogP contribution in [-0.4, -0.2) is 37.5 Å². The highest BCUT2D eigenvalue weighted by molar-refractivity contribution is 5.80. The molecule has 1 saturated carbocycles. The van der Waals surface area contributed by atoms with Crippen molar-refractivity contribution in [2.45, 2.75) is 38.1 Å². The van der Waals surface area contributed by atoms with Gasteiger partial charge in [-0.1, -0.05) is 0 Å². The van der Waals surface area contributed by atoms with Crippen LogP contribution in [0.3, 0.4) is 0 Å². The van der Waals surface area contributed by atoms with E-state index in [0.717, 1.165) is 38.8 Å². The van der Waals surface area contributed by atoms with E-state index in [2.05, 4.69) is 16.0 Å². The van der Waals surface area contributed by atoms with Crippen molar-refractivity contribution in [3.8, 4) is 0 Å². The maximum atomic E-state index is 11.7. The second kappa shape index (κ2) is 6.00. The highest BCUT2D eigenvalue weighted by Crippen LogP contribution is 2.18. The fourth-order valence-corrected chi connectivity index (χ4v) is 2.05. The topological polar surface area (TPSA) is 70.2 Å². The second-order valence-electron chi connectivity index (χ2n) is 4.93. The van der Waals surface area contributed by atoms with E-state index in [1.165, 1.54) is 0 Å². The first-order valence-electron chi connectivity index (χ1n) is 6.53. The standard InChI is InChI=1S/C12H21N3O2/c16-11(15-10-3-4-10)5-7-14-12(17)9-2-1-6-13-8-9/h9-10,13H,1-8H2,(H,14,17)(H,15,16)/t9-/m1/s1. The molecule has 0 bridgehead atoms. The van der Waals surface area contributed by atoms with E-state index in [0.29, 0.717) is 19.0 Å². The van der Waals surface area contributed by atoms with Crippen molar-refractivity contribution >= 4 is 11.8 Å². The zero-order valence-electron chi connectivity index (χ0n) is 10.1. The van der Waals surface area contributed by atoms with E-state index < -0.39 is 0 Å². The third kappa shape index (κ3) is 4.34. The smallest absolute Gasteiger partial charge is 0.224 e. The van der Waals surface area contributed by atoms with Crippen LogP contribution in [0.2, 0.25) is 0 Å². The summed E-state index contributed by atoms with van der Waals surface area (Å²) in [7, 11) is 0. The van der Waals surface area contributed by atoms with Crippen molar-refractivity contribution in [1.29, 1.82) is 0 Å². The fourth-order valence-electron chi connectivity index (χ4n) is 2.05. The van der Waals surface area contributed by atoms with Gasteiger partial charge in [-0.05, 0) is 32.2 Å².